The summed E-state index contributed by atoms with van der Waals surface area (Å²) < 4.78 is 47.4. The largest absolute Gasteiger partial charge is 0.462 e. The van der Waals surface area contributed by atoms with Gasteiger partial charge in [-0.1, -0.05) is 91.0 Å². The van der Waals surface area contributed by atoms with Crippen LogP contribution >= 0.6 is 0 Å². The fourth-order valence-corrected chi connectivity index (χ4v) is 5.96. The predicted molar refractivity (Wildman–Crippen MR) is 179 cm³/mol. The highest BCUT2D eigenvalue weighted by atomic mass is 19.1. The molecule has 1 aliphatic rings. The topological polar surface area (TPSA) is 68.3 Å². The third kappa shape index (κ3) is 9.95. The fraction of sp³-hybridized carbons (Fsp3) is 0.333. The van der Waals surface area contributed by atoms with E-state index in [0.717, 1.165) is 22.8 Å². The number of hydrogen-bond acceptors (Lipinski definition) is 6. The minimum atomic E-state index is -0.825. The molecule has 1 fully saturated rings. The Bertz CT molecular complexity index is 1570. The molecule has 0 bridgehead atoms. The Balaban J connectivity index is 1.63. The van der Waals surface area contributed by atoms with E-state index in [1.165, 1.54) is 17.0 Å². The van der Waals surface area contributed by atoms with Gasteiger partial charge in [0.1, 0.15) is 30.4 Å². The van der Waals surface area contributed by atoms with Crippen molar-refractivity contribution in [3.63, 3.8) is 0 Å². The third-order valence-corrected chi connectivity index (χ3v) is 8.08. The van der Waals surface area contributed by atoms with Crippen molar-refractivity contribution in [1.29, 1.82) is 0 Å². The number of carbonyl (C=O) groups is 2. The van der Waals surface area contributed by atoms with Gasteiger partial charge in [-0.15, -0.1) is 0 Å². The summed E-state index contributed by atoms with van der Waals surface area (Å²) in [4.78, 5) is 29.9. The molecule has 1 amide bonds. The Morgan fingerprint density at radius 3 is 1.88 bits per heavy atom. The molecule has 0 aromatic heterocycles. The van der Waals surface area contributed by atoms with Gasteiger partial charge in [0.2, 0.25) is 0 Å². The van der Waals surface area contributed by atoms with Crippen molar-refractivity contribution in [2.24, 2.45) is 0 Å². The quantitative estimate of drug-likeness (QED) is 0.149. The van der Waals surface area contributed by atoms with Gasteiger partial charge in [-0.05, 0) is 61.6 Å². The molecule has 3 atom stereocenters. The number of halogens is 2. The van der Waals surface area contributed by atoms with Crippen molar-refractivity contribution in [2.45, 2.75) is 70.7 Å². The van der Waals surface area contributed by atoms with Crippen molar-refractivity contribution in [2.75, 3.05) is 13.2 Å². The SMILES string of the molecule is CC(C)(C)OC(=O)N1CC(=O)OCC1[C@@H](OCc1ccccc1)[C@H](Cc1cc(F)cc(F)c1)N(Cc1ccccc1)Cc1ccccc1. The fourth-order valence-electron chi connectivity index (χ4n) is 5.96. The van der Waals surface area contributed by atoms with Crippen LogP contribution in [0.5, 0.6) is 0 Å². The summed E-state index contributed by atoms with van der Waals surface area (Å²) in [5.41, 5.74) is 2.53. The van der Waals surface area contributed by atoms with Crippen LogP contribution in [0, 0.1) is 11.6 Å². The Hall–Kier alpha value is -4.60. The van der Waals surface area contributed by atoms with E-state index < -0.39 is 47.5 Å². The summed E-state index contributed by atoms with van der Waals surface area (Å²) >= 11 is 0. The van der Waals surface area contributed by atoms with Crippen molar-refractivity contribution >= 4 is 12.1 Å². The molecule has 0 spiro atoms. The molecule has 48 heavy (non-hydrogen) atoms. The van der Waals surface area contributed by atoms with Crippen LogP contribution in [-0.4, -0.2) is 58.8 Å². The lowest BCUT2D eigenvalue weighted by Crippen LogP contribution is -2.62. The number of amides is 1. The number of nitrogens with zero attached hydrogens (tertiary/aromatic N) is 2. The van der Waals surface area contributed by atoms with Crippen LogP contribution in [0.1, 0.15) is 43.0 Å². The summed E-state index contributed by atoms with van der Waals surface area (Å²) in [5.74, 6) is -1.94. The van der Waals surface area contributed by atoms with Crippen LogP contribution in [0.25, 0.3) is 0 Å². The number of ether oxygens (including phenoxy) is 3. The monoisotopic (exact) mass is 656 g/mol. The number of morpholine rings is 1. The zero-order valence-corrected chi connectivity index (χ0v) is 27.6. The number of benzene rings is 4. The molecule has 4 aromatic rings. The van der Waals surface area contributed by atoms with Gasteiger partial charge in [0.15, 0.2) is 0 Å². The van der Waals surface area contributed by atoms with Crippen LogP contribution in [0.4, 0.5) is 13.6 Å². The lowest BCUT2D eigenvalue weighted by Gasteiger charge is -2.45. The number of rotatable bonds is 12. The first-order valence-electron chi connectivity index (χ1n) is 16.1. The van der Waals surface area contributed by atoms with E-state index in [1.807, 2.05) is 91.0 Å². The first kappa shape index (κ1) is 34.7. The smallest absolute Gasteiger partial charge is 0.411 e. The second-order valence-corrected chi connectivity index (χ2v) is 13.0. The van der Waals surface area contributed by atoms with Crippen LogP contribution in [-0.2, 0) is 45.1 Å². The summed E-state index contributed by atoms with van der Waals surface area (Å²) in [5, 5.41) is 0. The normalized spacial score (nSPS) is 16.3. The molecular weight excluding hydrogens is 614 g/mol. The number of hydrogen-bond donors (Lipinski definition) is 0. The Kier molecular flexibility index (Phi) is 11.6. The van der Waals surface area contributed by atoms with Crippen molar-refractivity contribution < 1.29 is 32.6 Å². The number of cyclic esters (lactones) is 1. The summed E-state index contributed by atoms with van der Waals surface area (Å²) in [7, 11) is 0. The Morgan fingerprint density at radius 1 is 0.833 bits per heavy atom. The molecule has 0 aliphatic carbocycles. The maximum atomic E-state index is 14.7. The van der Waals surface area contributed by atoms with E-state index in [-0.39, 0.29) is 26.2 Å². The summed E-state index contributed by atoms with van der Waals surface area (Å²) in [6, 6.07) is 31.5. The van der Waals surface area contributed by atoms with Gasteiger partial charge in [0, 0.05) is 25.2 Å². The average Bonchev–Trinajstić information content (AvgIpc) is 3.04. The van der Waals surface area contributed by atoms with Crippen molar-refractivity contribution in [3.8, 4) is 0 Å². The zero-order valence-electron chi connectivity index (χ0n) is 27.6. The molecule has 1 unspecified atom stereocenters. The van der Waals surface area contributed by atoms with Gasteiger partial charge >= 0.3 is 12.1 Å². The van der Waals surface area contributed by atoms with E-state index in [9.17, 15) is 18.4 Å². The molecule has 5 rings (SSSR count). The first-order chi connectivity index (χ1) is 23.0. The van der Waals surface area contributed by atoms with Gasteiger partial charge in [0.05, 0.1) is 18.8 Å². The molecule has 1 aliphatic heterocycles. The molecule has 0 N–H and O–H groups in total. The minimum Gasteiger partial charge on any atom is -0.462 e. The third-order valence-electron chi connectivity index (χ3n) is 8.08. The second-order valence-electron chi connectivity index (χ2n) is 13.0. The lowest BCUT2D eigenvalue weighted by atomic mass is 9.92. The molecule has 0 saturated carbocycles. The predicted octanol–water partition coefficient (Wildman–Crippen LogP) is 7.33. The molecule has 252 valence electrons. The van der Waals surface area contributed by atoms with E-state index >= 15 is 0 Å². The standard InChI is InChI=1S/C39H42F2N2O5/c1-39(2,3)48-38(45)43-25-36(44)46-27-35(43)37(47-26-30-17-11-6-12-18-30)34(21-31-19-32(40)22-33(41)20-31)42(23-28-13-7-4-8-14-28)24-29-15-9-5-10-16-29/h4-20,22,34-35,37H,21,23-27H2,1-3H3/t34-,35?,37-/m0/s1. The number of esters is 1. The molecular formula is C39H42F2N2O5. The molecule has 7 nitrogen and oxygen atoms in total. The first-order valence-corrected chi connectivity index (χ1v) is 16.1. The lowest BCUT2D eigenvalue weighted by molar-refractivity contribution is -0.163. The minimum absolute atomic E-state index is 0.143. The summed E-state index contributed by atoms with van der Waals surface area (Å²) in [6.45, 7) is 5.90. The van der Waals surface area contributed by atoms with Gasteiger partial charge in [0.25, 0.3) is 0 Å². The maximum Gasteiger partial charge on any atom is 0.411 e. The zero-order chi connectivity index (χ0) is 34.1. The van der Waals surface area contributed by atoms with E-state index in [1.54, 1.807) is 20.8 Å². The highest BCUT2D eigenvalue weighted by molar-refractivity contribution is 5.79. The number of carbonyl (C=O) groups excluding carboxylic acids is 2. The van der Waals surface area contributed by atoms with E-state index in [4.69, 9.17) is 14.2 Å². The van der Waals surface area contributed by atoms with Gasteiger partial charge in [-0.25, -0.2) is 13.6 Å². The molecule has 4 aromatic carbocycles. The van der Waals surface area contributed by atoms with Crippen LogP contribution in [0.15, 0.2) is 109 Å². The highest BCUT2D eigenvalue weighted by Crippen LogP contribution is 2.29. The van der Waals surface area contributed by atoms with Gasteiger partial charge in [-0.3, -0.25) is 14.6 Å². The summed E-state index contributed by atoms with van der Waals surface area (Å²) in [6.07, 6.45) is -1.31. The van der Waals surface area contributed by atoms with E-state index in [2.05, 4.69) is 4.90 Å². The Morgan fingerprint density at radius 2 is 1.35 bits per heavy atom. The van der Waals surface area contributed by atoms with Crippen molar-refractivity contribution in [3.05, 3.63) is 143 Å². The average molecular weight is 657 g/mol. The molecule has 0 radical (unpaired) electrons. The van der Waals surface area contributed by atoms with Crippen LogP contribution < -0.4 is 0 Å². The highest BCUT2D eigenvalue weighted by Gasteiger charge is 2.44. The van der Waals surface area contributed by atoms with Gasteiger partial charge in [-0.2, -0.15) is 0 Å². The molecule has 1 saturated heterocycles. The van der Waals surface area contributed by atoms with Crippen LogP contribution in [0.3, 0.4) is 0 Å². The maximum absolute atomic E-state index is 14.7. The molecule has 9 heteroatoms. The second kappa shape index (κ2) is 16.0. The molecule has 1 heterocycles. The van der Waals surface area contributed by atoms with Gasteiger partial charge < -0.3 is 14.2 Å². The van der Waals surface area contributed by atoms with Crippen molar-refractivity contribution in [1.82, 2.24) is 9.80 Å². The Labute approximate surface area is 281 Å². The van der Waals surface area contributed by atoms with E-state index in [0.29, 0.717) is 18.7 Å². The van der Waals surface area contributed by atoms with Crippen LogP contribution in [0.2, 0.25) is 0 Å².